The summed E-state index contributed by atoms with van der Waals surface area (Å²) < 4.78 is 0. The summed E-state index contributed by atoms with van der Waals surface area (Å²) in [5.74, 6) is 2.05. The molecule has 0 saturated heterocycles. The lowest BCUT2D eigenvalue weighted by Gasteiger charge is -1.96. The monoisotopic (exact) mass is 128 g/mol. The summed E-state index contributed by atoms with van der Waals surface area (Å²) in [6.45, 7) is 8.70. The van der Waals surface area contributed by atoms with Crippen LogP contribution in [0.3, 0.4) is 0 Å². The Balaban J connectivity index is 0.000000291. The first-order chi connectivity index (χ1) is 4.29. The number of rotatable bonds is 0. The fourth-order valence-corrected chi connectivity index (χ4v) is 1.49. The van der Waals surface area contributed by atoms with E-state index in [0.717, 1.165) is 11.8 Å². The Bertz CT molecular complexity index is 49.1. The Hall–Kier alpha value is 0. The Labute approximate surface area is 59.7 Å². The van der Waals surface area contributed by atoms with Gasteiger partial charge in [-0.05, 0) is 18.3 Å². The maximum atomic E-state index is 2.35. The lowest BCUT2D eigenvalue weighted by Crippen LogP contribution is -1.84. The van der Waals surface area contributed by atoms with Crippen LogP contribution in [0.15, 0.2) is 0 Å². The minimum Gasteiger partial charge on any atom is -0.0683 e. The van der Waals surface area contributed by atoms with Gasteiger partial charge < -0.3 is 0 Å². The zero-order valence-corrected chi connectivity index (χ0v) is 7.28. The molecule has 9 heavy (non-hydrogen) atoms. The second-order valence-electron chi connectivity index (χ2n) is 3.02. The van der Waals surface area contributed by atoms with Crippen molar-refractivity contribution in [2.45, 2.75) is 47.0 Å². The molecule has 56 valence electrons. The van der Waals surface area contributed by atoms with Gasteiger partial charge in [0.15, 0.2) is 0 Å². The highest BCUT2D eigenvalue weighted by molar-refractivity contribution is 4.68. The average Bonchev–Trinajstić information content (AvgIpc) is 2.20. The molecule has 0 heterocycles. The first-order valence-electron chi connectivity index (χ1n) is 4.29. The van der Waals surface area contributed by atoms with Crippen LogP contribution in [0.5, 0.6) is 0 Å². The highest BCUT2D eigenvalue weighted by Gasteiger charge is 2.15. The van der Waals surface area contributed by atoms with Crippen molar-refractivity contribution in [3.05, 3.63) is 0 Å². The maximum Gasteiger partial charge on any atom is -0.0440 e. The molecule has 1 aliphatic carbocycles. The van der Waals surface area contributed by atoms with E-state index in [4.69, 9.17) is 0 Å². The van der Waals surface area contributed by atoms with Crippen LogP contribution in [0, 0.1) is 11.8 Å². The third-order valence-electron chi connectivity index (χ3n) is 1.96. The molecule has 0 spiro atoms. The molecule has 0 aromatic rings. The van der Waals surface area contributed by atoms with E-state index < -0.39 is 0 Å². The zero-order valence-electron chi connectivity index (χ0n) is 7.28. The van der Waals surface area contributed by atoms with Gasteiger partial charge in [0.2, 0.25) is 0 Å². The van der Waals surface area contributed by atoms with E-state index >= 15 is 0 Å². The minimum absolute atomic E-state index is 1.02. The predicted octanol–water partition coefficient (Wildman–Crippen LogP) is 3.47. The Morgan fingerprint density at radius 3 is 1.33 bits per heavy atom. The molecule has 1 fully saturated rings. The van der Waals surface area contributed by atoms with Crippen LogP contribution < -0.4 is 0 Å². The summed E-state index contributed by atoms with van der Waals surface area (Å²) in [5.41, 5.74) is 0. The van der Waals surface area contributed by atoms with Crippen molar-refractivity contribution in [2.24, 2.45) is 11.8 Å². The summed E-state index contributed by atoms with van der Waals surface area (Å²) in [6, 6.07) is 0. The molecule has 0 heteroatoms. The molecular formula is C9H20. The van der Waals surface area contributed by atoms with Crippen LogP contribution >= 0.6 is 0 Å². The Morgan fingerprint density at radius 2 is 1.22 bits per heavy atom. The van der Waals surface area contributed by atoms with E-state index in [1.54, 1.807) is 0 Å². The van der Waals surface area contributed by atoms with Gasteiger partial charge in [0.1, 0.15) is 0 Å². The van der Waals surface area contributed by atoms with E-state index in [-0.39, 0.29) is 0 Å². The van der Waals surface area contributed by atoms with Gasteiger partial charge in [0.25, 0.3) is 0 Å². The van der Waals surface area contributed by atoms with Crippen LogP contribution in [-0.2, 0) is 0 Å². The van der Waals surface area contributed by atoms with E-state index in [2.05, 4.69) is 13.8 Å². The third kappa shape index (κ3) is 3.56. The largest absolute Gasteiger partial charge is 0.0683 e. The molecule has 2 unspecified atom stereocenters. The topological polar surface area (TPSA) is 0 Å². The van der Waals surface area contributed by atoms with Gasteiger partial charge in [-0.25, -0.2) is 0 Å². The molecule has 0 bridgehead atoms. The van der Waals surface area contributed by atoms with Gasteiger partial charge in [0, 0.05) is 0 Å². The van der Waals surface area contributed by atoms with Crippen molar-refractivity contribution >= 4 is 0 Å². The molecule has 0 nitrogen and oxygen atoms in total. The SMILES string of the molecule is CC.CC1CCC(C)C1. The molecule has 1 saturated carbocycles. The van der Waals surface area contributed by atoms with Gasteiger partial charge in [-0.2, -0.15) is 0 Å². The fourth-order valence-electron chi connectivity index (χ4n) is 1.49. The van der Waals surface area contributed by atoms with E-state index in [1.807, 2.05) is 13.8 Å². The Morgan fingerprint density at radius 1 is 0.889 bits per heavy atom. The van der Waals surface area contributed by atoms with Crippen LogP contribution in [0.1, 0.15) is 47.0 Å². The van der Waals surface area contributed by atoms with Crippen LogP contribution in [0.2, 0.25) is 0 Å². The van der Waals surface area contributed by atoms with Gasteiger partial charge >= 0.3 is 0 Å². The summed E-state index contributed by atoms with van der Waals surface area (Å²) in [4.78, 5) is 0. The van der Waals surface area contributed by atoms with Crippen molar-refractivity contribution in [3.63, 3.8) is 0 Å². The molecular weight excluding hydrogens is 108 g/mol. The molecule has 2 atom stereocenters. The van der Waals surface area contributed by atoms with Gasteiger partial charge in [-0.1, -0.05) is 40.5 Å². The fraction of sp³-hybridized carbons (Fsp3) is 1.00. The smallest absolute Gasteiger partial charge is 0.0440 e. The molecule has 0 aromatic heterocycles. The average molecular weight is 128 g/mol. The zero-order chi connectivity index (χ0) is 7.28. The van der Waals surface area contributed by atoms with Crippen molar-refractivity contribution < 1.29 is 0 Å². The highest BCUT2D eigenvalue weighted by Crippen LogP contribution is 2.29. The van der Waals surface area contributed by atoms with Gasteiger partial charge in [-0.15, -0.1) is 0 Å². The highest BCUT2D eigenvalue weighted by atomic mass is 14.2. The van der Waals surface area contributed by atoms with Gasteiger partial charge in [-0.3, -0.25) is 0 Å². The first-order valence-corrected chi connectivity index (χ1v) is 4.29. The summed E-state index contributed by atoms with van der Waals surface area (Å²) >= 11 is 0. The van der Waals surface area contributed by atoms with E-state index in [0.29, 0.717) is 0 Å². The van der Waals surface area contributed by atoms with E-state index in [9.17, 15) is 0 Å². The van der Waals surface area contributed by atoms with Crippen LogP contribution in [0.4, 0.5) is 0 Å². The van der Waals surface area contributed by atoms with Crippen molar-refractivity contribution in [1.82, 2.24) is 0 Å². The third-order valence-corrected chi connectivity index (χ3v) is 1.96. The lowest BCUT2D eigenvalue weighted by molar-refractivity contribution is 0.555. The standard InChI is InChI=1S/C7H14.C2H6/c1-6-3-4-7(2)5-6;1-2/h6-7H,3-5H2,1-2H3;1-2H3. The van der Waals surface area contributed by atoms with Gasteiger partial charge in [0.05, 0.1) is 0 Å². The van der Waals surface area contributed by atoms with Crippen molar-refractivity contribution in [1.29, 1.82) is 0 Å². The molecule has 0 aliphatic heterocycles. The summed E-state index contributed by atoms with van der Waals surface area (Å²) in [6.07, 6.45) is 4.42. The van der Waals surface area contributed by atoms with Crippen molar-refractivity contribution in [3.8, 4) is 0 Å². The molecule has 0 N–H and O–H groups in total. The summed E-state index contributed by atoms with van der Waals surface area (Å²) in [5, 5.41) is 0. The van der Waals surface area contributed by atoms with E-state index in [1.165, 1.54) is 19.3 Å². The van der Waals surface area contributed by atoms with Crippen molar-refractivity contribution in [2.75, 3.05) is 0 Å². The summed E-state index contributed by atoms with van der Waals surface area (Å²) in [7, 11) is 0. The second kappa shape index (κ2) is 4.84. The molecule has 0 aromatic carbocycles. The molecule has 0 radical (unpaired) electrons. The second-order valence-corrected chi connectivity index (χ2v) is 3.02. The predicted molar refractivity (Wildman–Crippen MR) is 43.5 cm³/mol. The normalized spacial score (nSPS) is 33.3. The number of hydrogen-bond donors (Lipinski definition) is 0. The quantitative estimate of drug-likeness (QED) is 0.468. The molecule has 1 rings (SSSR count). The van der Waals surface area contributed by atoms with Crippen LogP contribution in [-0.4, -0.2) is 0 Å². The minimum atomic E-state index is 1.02. The molecule has 1 aliphatic rings. The number of hydrogen-bond acceptors (Lipinski definition) is 0. The maximum absolute atomic E-state index is 2.35. The first kappa shape index (κ1) is 9.00. The van der Waals surface area contributed by atoms with Crippen LogP contribution in [0.25, 0.3) is 0 Å². The lowest BCUT2D eigenvalue weighted by atomic mass is 10.1. The Kier molecular flexibility index (Phi) is 4.84. The molecule has 0 amide bonds.